The first kappa shape index (κ1) is 11.8. The van der Waals surface area contributed by atoms with Crippen molar-refractivity contribution >= 4 is 12.6 Å². The van der Waals surface area contributed by atoms with Crippen molar-refractivity contribution in [3.63, 3.8) is 0 Å². The molecule has 0 aromatic heterocycles. The number of likely N-dealkylation sites (tertiary alicyclic amines) is 1. The van der Waals surface area contributed by atoms with Crippen LogP contribution in [0.25, 0.3) is 0 Å². The van der Waals surface area contributed by atoms with E-state index in [1.165, 1.54) is 64.6 Å². The topological polar surface area (TPSA) is 3.24 Å². The third kappa shape index (κ3) is 3.39. The zero-order valence-electron chi connectivity index (χ0n) is 9.83. The van der Waals surface area contributed by atoms with Crippen LogP contribution in [0.3, 0.4) is 0 Å². The largest absolute Gasteiger partial charge is 0.303 e. The van der Waals surface area contributed by atoms with Crippen molar-refractivity contribution in [2.45, 2.75) is 44.9 Å². The summed E-state index contributed by atoms with van der Waals surface area (Å²) in [5.74, 6) is 3.18. The van der Waals surface area contributed by atoms with E-state index < -0.39 is 0 Å². The van der Waals surface area contributed by atoms with Crippen LogP contribution >= 0.6 is 12.6 Å². The van der Waals surface area contributed by atoms with E-state index in [1.807, 2.05) is 0 Å². The first-order chi connectivity index (χ1) is 7.40. The van der Waals surface area contributed by atoms with Gasteiger partial charge in [-0.3, -0.25) is 0 Å². The van der Waals surface area contributed by atoms with Gasteiger partial charge in [0.15, 0.2) is 0 Å². The summed E-state index contributed by atoms with van der Waals surface area (Å²) in [4.78, 5) is 2.70. The summed E-state index contributed by atoms with van der Waals surface area (Å²) in [6.45, 7) is 4.09. The highest BCUT2D eigenvalue weighted by Gasteiger charge is 2.30. The van der Waals surface area contributed by atoms with Crippen molar-refractivity contribution in [3.8, 4) is 0 Å². The minimum absolute atomic E-state index is 1.04. The molecule has 0 bridgehead atoms. The Hall–Kier alpha value is 0.310. The number of rotatable bonds is 4. The van der Waals surface area contributed by atoms with E-state index in [2.05, 4.69) is 17.5 Å². The van der Waals surface area contributed by atoms with E-state index in [0.717, 1.165) is 17.6 Å². The third-order valence-electron chi connectivity index (χ3n) is 4.26. The number of hydrogen-bond acceptors (Lipinski definition) is 2. The van der Waals surface area contributed by atoms with Gasteiger partial charge in [-0.2, -0.15) is 12.6 Å². The summed E-state index contributed by atoms with van der Waals surface area (Å²) in [5.41, 5.74) is 0. The molecule has 2 fully saturated rings. The average Bonchev–Trinajstić information content (AvgIpc) is 2.29. The van der Waals surface area contributed by atoms with E-state index in [4.69, 9.17) is 0 Å². The molecular formula is C13H25NS. The maximum atomic E-state index is 4.27. The maximum absolute atomic E-state index is 4.27. The van der Waals surface area contributed by atoms with Gasteiger partial charge in [-0.15, -0.1) is 0 Å². The van der Waals surface area contributed by atoms with Gasteiger partial charge in [0, 0.05) is 6.54 Å². The predicted octanol–water partition coefficient (Wildman–Crippen LogP) is 3.21. The fourth-order valence-corrected chi connectivity index (χ4v) is 3.55. The molecule has 2 rings (SSSR count). The SMILES string of the molecule is SCCCCN1CCC2CCCCC2C1. The lowest BCUT2D eigenvalue weighted by Crippen LogP contribution is -2.42. The number of hydrogen-bond donors (Lipinski definition) is 1. The summed E-state index contributed by atoms with van der Waals surface area (Å²) in [7, 11) is 0. The van der Waals surface area contributed by atoms with Gasteiger partial charge in [0.2, 0.25) is 0 Å². The van der Waals surface area contributed by atoms with E-state index in [9.17, 15) is 0 Å². The molecule has 1 nitrogen and oxygen atoms in total. The standard InChI is InChI=1S/C13H25NS/c15-10-4-3-8-14-9-7-12-5-1-2-6-13(12)11-14/h12-13,15H,1-11H2. The van der Waals surface area contributed by atoms with E-state index >= 15 is 0 Å². The van der Waals surface area contributed by atoms with Crippen LogP contribution in [-0.2, 0) is 0 Å². The Labute approximate surface area is 100 Å². The second kappa shape index (κ2) is 6.15. The van der Waals surface area contributed by atoms with Crippen molar-refractivity contribution in [1.82, 2.24) is 4.90 Å². The van der Waals surface area contributed by atoms with Crippen LogP contribution in [0, 0.1) is 11.8 Å². The number of fused-ring (bicyclic) bond motifs is 1. The van der Waals surface area contributed by atoms with Gasteiger partial charge in [-0.05, 0) is 56.4 Å². The van der Waals surface area contributed by atoms with Crippen molar-refractivity contribution in [1.29, 1.82) is 0 Å². The van der Waals surface area contributed by atoms with Crippen LogP contribution < -0.4 is 0 Å². The Morgan fingerprint density at radius 2 is 1.80 bits per heavy atom. The van der Waals surface area contributed by atoms with Crippen LogP contribution in [0.1, 0.15) is 44.9 Å². The molecule has 2 aliphatic rings. The molecule has 2 heteroatoms. The fourth-order valence-electron chi connectivity index (χ4n) is 3.33. The highest BCUT2D eigenvalue weighted by Crippen LogP contribution is 2.35. The number of nitrogens with zero attached hydrogens (tertiary/aromatic N) is 1. The van der Waals surface area contributed by atoms with Crippen molar-refractivity contribution in [2.75, 3.05) is 25.4 Å². The molecule has 0 N–H and O–H groups in total. The van der Waals surface area contributed by atoms with Crippen LogP contribution in [-0.4, -0.2) is 30.3 Å². The van der Waals surface area contributed by atoms with Gasteiger partial charge in [0.1, 0.15) is 0 Å². The first-order valence-corrected chi connectivity index (χ1v) is 7.36. The highest BCUT2D eigenvalue weighted by atomic mass is 32.1. The van der Waals surface area contributed by atoms with Gasteiger partial charge in [-0.1, -0.05) is 19.3 Å². The third-order valence-corrected chi connectivity index (χ3v) is 4.57. The minimum atomic E-state index is 1.04. The second-order valence-corrected chi connectivity index (χ2v) is 5.77. The molecule has 0 radical (unpaired) electrons. The molecule has 2 atom stereocenters. The molecule has 1 saturated carbocycles. The van der Waals surface area contributed by atoms with Crippen LogP contribution in [0.2, 0.25) is 0 Å². The number of piperidine rings is 1. The quantitative estimate of drug-likeness (QED) is 0.570. The zero-order valence-corrected chi connectivity index (χ0v) is 10.7. The minimum Gasteiger partial charge on any atom is -0.303 e. The summed E-state index contributed by atoms with van der Waals surface area (Å²) < 4.78 is 0. The molecule has 2 unspecified atom stereocenters. The lowest BCUT2D eigenvalue weighted by Gasteiger charge is -2.41. The fraction of sp³-hybridized carbons (Fsp3) is 1.00. The average molecular weight is 227 g/mol. The molecule has 1 aliphatic heterocycles. The molecule has 1 saturated heterocycles. The Bertz CT molecular complexity index is 181. The van der Waals surface area contributed by atoms with Gasteiger partial charge >= 0.3 is 0 Å². The lowest BCUT2D eigenvalue weighted by atomic mass is 9.75. The number of thiol groups is 1. The molecule has 88 valence electrons. The van der Waals surface area contributed by atoms with E-state index in [-0.39, 0.29) is 0 Å². The zero-order chi connectivity index (χ0) is 10.5. The summed E-state index contributed by atoms with van der Waals surface area (Å²) in [6.07, 6.45) is 10.1. The predicted molar refractivity (Wildman–Crippen MR) is 69.6 cm³/mol. The Balaban J connectivity index is 1.71. The van der Waals surface area contributed by atoms with Crippen LogP contribution in [0.15, 0.2) is 0 Å². The monoisotopic (exact) mass is 227 g/mol. The smallest absolute Gasteiger partial charge is 0.00123 e. The lowest BCUT2D eigenvalue weighted by molar-refractivity contribution is 0.0861. The van der Waals surface area contributed by atoms with Crippen LogP contribution in [0.5, 0.6) is 0 Å². The maximum Gasteiger partial charge on any atom is 0.00123 e. The highest BCUT2D eigenvalue weighted by molar-refractivity contribution is 7.80. The molecule has 0 amide bonds. The molecule has 0 aromatic carbocycles. The van der Waals surface area contributed by atoms with Crippen molar-refractivity contribution < 1.29 is 0 Å². The first-order valence-electron chi connectivity index (χ1n) is 6.73. The van der Waals surface area contributed by atoms with Gasteiger partial charge in [-0.25, -0.2) is 0 Å². The van der Waals surface area contributed by atoms with Gasteiger partial charge in [0.05, 0.1) is 0 Å². The molecule has 15 heavy (non-hydrogen) atoms. The van der Waals surface area contributed by atoms with E-state index in [0.29, 0.717) is 0 Å². The molecule has 1 heterocycles. The molecule has 0 aromatic rings. The van der Waals surface area contributed by atoms with Crippen LogP contribution in [0.4, 0.5) is 0 Å². The Kier molecular flexibility index (Phi) is 4.83. The van der Waals surface area contributed by atoms with Gasteiger partial charge < -0.3 is 4.90 Å². The molecule has 0 spiro atoms. The Morgan fingerprint density at radius 1 is 1.00 bits per heavy atom. The summed E-state index contributed by atoms with van der Waals surface area (Å²) >= 11 is 4.27. The van der Waals surface area contributed by atoms with E-state index in [1.54, 1.807) is 0 Å². The number of unbranched alkanes of at least 4 members (excludes halogenated alkanes) is 1. The summed E-state index contributed by atoms with van der Waals surface area (Å²) in [6, 6.07) is 0. The second-order valence-electron chi connectivity index (χ2n) is 5.32. The Morgan fingerprint density at radius 3 is 2.60 bits per heavy atom. The molecule has 1 aliphatic carbocycles. The normalized spacial score (nSPS) is 32.6. The van der Waals surface area contributed by atoms with Crippen molar-refractivity contribution in [3.05, 3.63) is 0 Å². The summed E-state index contributed by atoms with van der Waals surface area (Å²) in [5, 5.41) is 0. The van der Waals surface area contributed by atoms with Crippen molar-refractivity contribution in [2.24, 2.45) is 11.8 Å². The molecular weight excluding hydrogens is 202 g/mol. The van der Waals surface area contributed by atoms with Gasteiger partial charge in [0.25, 0.3) is 0 Å².